The lowest BCUT2D eigenvalue weighted by Crippen LogP contribution is -2.35. The van der Waals surface area contributed by atoms with Gasteiger partial charge in [0.2, 0.25) is 0 Å². The van der Waals surface area contributed by atoms with Crippen LogP contribution in [0.2, 0.25) is 0 Å². The van der Waals surface area contributed by atoms with Crippen LogP contribution in [0.3, 0.4) is 0 Å². The minimum Gasteiger partial charge on any atom is -0.371 e. The van der Waals surface area contributed by atoms with Gasteiger partial charge in [0.05, 0.1) is 23.7 Å². The molecule has 0 aliphatic carbocycles. The molecule has 25 heavy (non-hydrogen) atoms. The quantitative estimate of drug-likeness (QED) is 0.796. The molecule has 0 radical (unpaired) electrons. The number of carbonyl (C=O) groups is 1. The Morgan fingerprint density at radius 3 is 2.76 bits per heavy atom. The molecule has 0 saturated heterocycles. The van der Waals surface area contributed by atoms with Crippen LogP contribution in [0.1, 0.15) is 22.2 Å². The van der Waals surface area contributed by atoms with Crippen LogP contribution in [0.4, 0.5) is 8.78 Å². The number of hydrogen-bond acceptors (Lipinski definition) is 3. The van der Waals surface area contributed by atoms with Crippen molar-refractivity contribution in [2.24, 2.45) is 0 Å². The summed E-state index contributed by atoms with van der Waals surface area (Å²) >= 11 is 0. The molecule has 7 heteroatoms. The van der Waals surface area contributed by atoms with E-state index in [1.165, 1.54) is 36.4 Å². The van der Waals surface area contributed by atoms with E-state index in [1.54, 1.807) is 6.07 Å². The Labute approximate surface area is 142 Å². The van der Waals surface area contributed by atoms with Crippen LogP contribution in [0, 0.1) is 11.6 Å². The molecule has 0 spiro atoms. The topological polar surface area (TPSA) is 56.1 Å². The molecule has 2 heterocycles. The number of imidazole rings is 1. The lowest BCUT2D eigenvalue weighted by atomic mass is 10.2. The second-order valence-electron chi connectivity index (χ2n) is 5.92. The smallest absolute Gasteiger partial charge is 0.251 e. The normalized spacial score (nSPS) is 16.6. The van der Waals surface area contributed by atoms with E-state index < -0.39 is 0 Å². The standard InChI is InChI=1S/C18H15F2N3O2/c19-12-3-1-11(2-4-12)18(24)21-8-14-9-25-10-17-22-15-7-13(20)5-6-16(15)23(14)17/h1-7,14H,8-10H2,(H,21,24)/t14-/m0/s1. The molecule has 1 atom stereocenters. The Morgan fingerprint density at radius 1 is 1.20 bits per heavy atom. The molecule has 128 valence electrons. The highest BCUT2D eigenvalue weighted by Gasteiger charge is 2.24. The van der Waals surface area contributed by atoms with Crippen LogP contribution in [-0.4, -0.2) is 28.6 Å². The summed E-state index contributed by atoms with van der Waals surface area (Å²) in [6.07, 6.45) is 0. The molecular weight excluding hydrogens is 328 g/mol. The van der Waals surface area contributed by atoms with Crippen molar-refractivity contribution in [1.29, 1.82) is 0 Å². The Balaban J connectivity index is 1.56. The maximum Gasteiger partial charge on any atom is 0.251 e. The molecule has 5 nitrogen and oxygen atoms in total. The number of rotatable bonds is 3. The molecule has 0 bridgehead atoms. The molecule has 0 saturated carbocycles. The fourth-order valence-electron chi connectivity index (χ4n) is 3.06. The van der Waals surface area contributed by atoms with Crippen LogP contribution in [-0.2, 0) is 11.3 Å². The monoisotopic (exact) mass is 343 g/mol. The van der Waals surface area contributed by atoms with E-state index >= 15 is 0 Å². The molecule has 4 rings (SSSR count). The van der Waals surface area contributed by atoms with Crippen molar-refractivity contribution in [3.63, 3.8) is 0 Å². The van der Waals surface area contributed by atoms with Crippen LogP contribution < -0.4 is 5.32 Å². The van der Waals surface area contributed by atoms with Crippen molar-refractivity contribution < 1.29 is 18.3 Å². The summed E-state index contributed by atoms with van der Waals surface area (Å²) < 4.78 is 33.9. The Kier molecular flexibility index (Phi) is 3.93. The summed E-state index contributed by atoms with van der Waals surface area (Å²) in [6, 6.07) is 9.66. The van der Waals surface area contributed by atoms with Crippen LogP contribution in [0.5, 0.6) is 0 Å². The molecule has 1 amide bonds. The van der Waals surface area contributed by atoms with E-state index in [2.05, 4.69) is 10.3 Å². The van der Waals surface area contributed by atoms with Gasteiger partial charge in [0, 0.05) is 18.2 Å². The van der Waals surface area contributed by atoms with E-state index in [0.29, 0.717) is 36.7 Å². The van der Waals surface area contributed by atoms with Gasteiger partial charge in [-0.3, -0.25) is 4.79 Å². The number of nitrogens with zero attached hydrogens (tertiary/aromatic N) is 2. The average molecular weight is 343 g/mol. The van der Waals surface area contributed by atoms with Gasteiger partial charge in [0.25, 0.3) is 5.91 Å². The van der Waals surface area contributed by atoms with Gasteiger partial charge >= 0.3 is 0 Å². The Bertz CT molecular complexity index is 937. The van der Waals surface area contributed by atoms with E-state index in [4.69, 9.17) is 4.74 Å². The molecule has 1 aliphatic heterocycles. The molecule has 3 aromatic rings. The summed E-state index contributed by atoms with van der Waals surface area (Å²) in [5, 5.41) is 2.83. The van der Waals surface area contributed by atoms with Gasteiger partial charge < -0.3 is 14.6 Å². The highest BCUT2D eigenvalue weighted by molar-refractivity contribution is 5.94. The minimum atomic E-state index is -0.390. The first-order valence-electron chi connectivity index (χ1n) is 7.90. The lowest BCUT2D eigenvalue weighted by Gasteiger charge is -2.26. The van der Waals surface area contributed by atoms with Crippen molar-refractivity contribution in [2.45, 2.75) is 12.6 Å². The summed E-state index contributed by atoms with van der Waals surface area (Å²) in [6.45, 7) is 1.09. The van der Waals surface area contributed by atoms with Crippen molar-refractivity contribution in [2.75, 3.05) is 13.2 Å². The number of benzene rings is 2. The van der Waals surface area contributed by atoms with Gasteiger partial charge in [-0.2, -0.15) is 0 Å². The van der Waals surface area contributed by atoms with E-state index in [0.717, 1.165) is 5.52 Å². The summed E-state index contributed by atoms with van der Waals surface area (Å²) in [5.41, 5.74) is 1.76. The maximum atomic E-state index is 13.4. The Morgan fingerprint density at radius 2 is 1.96 bits per heavy atom. The molecule has 1 aliphatic rings. The fraction of sp³-hybridized carbons (Fsp3) is 0.222. The Hall–Kier alpha value is -2.80. The van der Waals surface area contributed by atoms with Crippen molar-refractivity contribution in [3.05, 3.63) is 65.5 Å². The zero-order valence-electron chi connectivity index (χ0n) is 13.2. The molecule has 0 unspecified atom stereocenters. The van der Waals surface area contributed by atoms with Gasteiger partial charge in [-0.05, 0) is 36.4 Å². The zero-order valence-corrected chi connectivity index (χ0v) is 13.2. The molecule has 2 aromatic carbocycles. The number of amides is 1. The van der Waals surface area contributed by atoms with E-state index in [-0.39, 0.29) is 23.6 Å². The largest absolute Gasteiger partial charge is 0.371 e. The second-order valence-corrected chi connectivity index (χ2v) is 5.92. The SMILES string of the molecule is O=C(NC[C@H]1COCc2nc3cc(F)ccc3n21)c1ccc(F)cc1. The second kappa shape index (κ2) is 6.25. The number of hydrogen-bond donors (Lipinski definition) is 1. The fourth-order valence-corrected chi connectivity index (χ4v) is 3.06. The van der Waals surface area contributed by atoms with Crippen LogP contribution in [0.25, 0.3) is 11.0 Å². The number of ether oxygens (including phenoxy) is 1. The van der Waals surface area contributed by atoms with Gasteiger partial charge in [-0.15, -0.1) is 0 Å². The highest BCUT2D eigenvalue weighted by atomic mass is 19.1. The average Bonchev–Trinajstić information content (AvgIpc) is 2.98. The first-order chi connectivity index (χ1) is 12.1. The van der Waals surface area contributed by atoms with Crippen LogP contribution in [0.15, 0.2) is 42.5 Å². The molecular formula is C18H15F2N3O2. The summed E-state index contributed by atoms with van der Waals surface area (Å²) in [7, 11) is 0. The third-order valence-corrected chi connectivity index (χ3v) is 4.24. The maximum absolute atomic E-state index is 13.4. The van der Waals surface area contributed by atoms with Gasteiger partial charge in [-0.1, -0.05) is 0 Å². The zero-order chi connectivity index (χ0) is 17.4. The molecule has 0 fully saturated rings. The first-order valence-corrected chi connectivity index (χ1v) is 7.90. The predicted octanol–water partition coefficient (Wildman–Crippen LogP) is 2.82. The molecule has 1 N–H and O–H groups in total. The van der Waals surface area contributed by atoms with E-state index in [9.17, 15) is 13.6 Å². The number of fused-ring (bicyclic) bond motifs is 3. The third-order valence-electron chi connectivity index (χ3n) is 4.24. The minimum absolute atomic E-state index is 0.149. The van der Waals surface area contributed by atoms with Gasteiger partial charge in [0.15, 0.2) is 0 Å². The highest BCUT2D eigenvalue weighted by Crippen LogP contribution is 2.26. The van der Waals surface area contributed by atoms with Crippen molar-refractivity contribution in [1.82, 2.24) is 14.9 Å². The number of carbonyl (C=O) groups excluding carboxylic acids is 1. The number of nitrogens with one attached hydrogen (secondary N) is 1. The molecule has 1 aromatic heterocycles. The van der Waals surface area contributed by atoms with Crippen molar-refractivity contribution in [3.8, 4) is 0 Å². The van der Waals surface area contributed by atoms with Gasteiger partial charge in [0.1, 0.15) is 24.1 Å². The first kappa shape index (κ1) is 15.7. The number of aromatic nitrogens is 2. The predicted molar refractivity (Wildman–Crippen MR) is 87.1 cm³/mol. The summed E-state index contributed by atoms with van der Waals surface area (Å²) in [5.74, 6) is -0.320. The van der Waals surface area contributed by atoms with E-state index in [1.807, 2.05) is 4.57 Å². The number of halogens is 2. The summed E-state index contributed by atoms with van der Waals surface area (Å²) in [4.78, 5) is 16.6. The lowest BCUT2D eigenvalue weighted by molar-refractivity contribution is 0.0553. The van der Waals surface area contributed by atoms with Gasteiger partial charge in [-0.25, -0.2) is 13.8 Å². The van der Waals surface area contributed by atoms with Crippen LogP contribution >= 0.6 is 0 Å². The van der Waals surface area contributed by atoms with Crippen molar-refractivity contribution >= 4 is 16.9 Å². The third kappa shape index (κ3) is 2.98.